The summed E-state index contributed by atoms with van der Waals surface area (Å²) in [5.41, 5.74) is 1.53. The predicted octanol–water partition coefficient (Wildman–Crippen LogP) is 1.47. The Hall–Kier alpha value is -2.02. The number of rotatable bonds is 4. The monoisotopic (exact) mass is 281 g/mol. The highest BCUT2D eigenvalue weighted by atomic mass is 32.2. The third kappa shape index (κ3) is 3.25. The molecular formula is C12H15N3O3S. The number of ether oxygens (including phenoxy) is 1. The van der Waals surface area contributed by atoms with Gasteiger partial charge in [-0.2, -0.15) is 5.10 Å². The van der Waals surface area contributed by atoms with E-state index in [1.807, 2.05) is 24.3 Å². The number of nitrogens with zero attached hydrogens (tertiary/aromatic N) is 2. The second kappa shape index (κ2) is 4.93. The molecule has 1 aromatic carbocycles. The minimum Gasteiger partial charge on any atom is -0.497 e. The summed E-state index contributed by atoms with van der Waals surface area (Å²) in [4.78, 5) is 0. The number of hydrogen-bond acceptors (Lipinski definition) is 4. The van der Waals surface area contributed by atoms with E-state index in [0.717, 1.165) is 17.6 Å². The van der Waals surface area contributed by atoms with Gasteiger partial charge in [-0.15, -0.1) is 0 Å². The van der Waals surface area contributed by atoms with E-state index in [4.69, 9.17) is 4.74 Å². The average molecular weight is 281 g/mol. The first-order valence-electron chi connectivity index (χ1n) is 5.55. The fraction of sp³-hybridized carbons (Fsp3) is 0.250. The Morgan fingerprint density at radius 1 is 1.32 bits per heavy atom. The molecule has 0 saturated heterocycles. The Labute approximate surface area is 112 Å². The van der Waals surface area contributed by atoms with Crippen LogP contribution in [0.15, 0.2) is 30.3 Å². The van der Waals surface area contributed by atoms with Gasteiger partial charge in [-0.1, -0.05) is 12.1 Å². The molecule has 0 aliphatic carbocycles. The van der Waals surface area contributed by atoms with Crippen molar-refractivity contribution >= 4 is 15.8 Å². The molecule has 0 spiro atoms. The Kier molecular flexibility index (Phi) is 3.48. The van der Waals surface area contributed by atoms with E-state index in [-0.39, 0.29) is 0 Å². The molecule has 0 fully saturated rings. The maximum absolute atomic E-state index is 11.2. The predicted molar refractivity (Wildman–Crippen MR) is 73.7 cm³/mol. The van der Waals surface area contributed by atoms with Crippen molar-refractivity contribution in [2.45, 2.75) is 0 Å². The first kappa shape index (κ1) is 13.4. The molecule has 0 unspecified atom stereocenters. The molecule has 0 atom stereocenters. The lowest BCUT2D eigenvalue weighted by Gasteiger charge is -2.01. The van der Waals surface area contributed by atoms with Crippen molar-refractivity contribution in [2.75, 3.05) is 18.1 Å². The van der Waals surface area contributed by atoms with E-state index >= 15 is 0 Å². The van der Waals surface area contributed by atoms with Crippen LogP contribution < -0.4 is 9.46 Å². The zero-order valence-electron chi connectivity index (χ0n) is 10.9. The third-order valence-electron chi connectivity index (χ3n) is 2.54. The zero-order chi connectivity index (χ0) is 14.0. The van der Waals surface area contributed by atoms with Gasteiger partial charge < -0.3 is 4.74 Å². The van der Waals surface area contributed by atoms with E-state index in [0.29, 0.717) is 11.5 Å². The molecule has 1 N–H and O–H groups in total. The maximum Gasteiger partial charge on any atom is 0.230 e. The number of aryl methyl sites for hydroxylation is 1. The smallest absolute Gasteiger partial charge is 0.230 e. The van der Waals surface area contributed by atoms with Gasteiger partial charge in [0.1, 0.15) is 11.6 Å². The van der Waals surface area contributed by atoms with Crippen molar-refractivity contribution in [1.29, 1.82) is 0 Å². The first-order chi connectivity index (χ1) is 8.89. The summed E-state index contributed by atoms with van der Waals surface area (Å²) in [7, 11) is -0.0477. The number of nitrogens with one attached hydrogen (secondary N) is 1. The number of benzene rings is 1. The topological polar surface area (TPSA) is 73.2 Å². The van der Waals surface area contributed by atoms with Gasteiger partial charge in [0.2, 0.25) is 10.0 Å². The molecule has 2 aromatic rings. The number of anilines is 1. The van der Waals surface area contributed by atoms with Crippen LogP contribution in [0.4, 0.5) is 5.82 Å². The SMILES string of the molecule is COc1cccc(-c2cc(NS(C)(=O)=O)n(C)n2)c1. The fourth-order valence-electron chi connectivity index (χ4n) is 1.68. The second-order valence-electron chi connectivity index (χ2n) is 4.14. The first-order valence-corrected chi connectivity index (χ1v) is 7.44. The quantitative estimate of drug-likeness (QED) is 0.921. The minimum atomic E-state index is -3.32. The van der Waals surface area contributed by atoms with Crippen LogP contribution in [0.25, 0.3) is 11.3 Å². The van der Waals surface area contributed by atoms with Crippen molar-refractivity contribution in [1.82, 2.24) is 9.78 Å². The van der Waals surface area contributed by atoms with E-state index in [2.05, 4.69) is 9.82 Å². The summed E-state index contributed by atoms with van der Waals surface area (Å²) in [6, 6.07) is 9.09. The Balaban J connectivity index is 2.38. The summed E-state index contributed by atoms with van der Waals surface area (Å²) in [5.74, 6) is 1.14. The Morgan fingerprint density at radius 2 is 2.05 bits per heavy atom. The molecule has 0 bridgehead atoms. The van der Waals surface area contributed by atoms with Gasteiger partial charge >= 0.3 is 0 Å². The lowest BCUT2D eigenvalue weighted by atomic mass is 10.1. The fourth-order valence-corrected chi connectivity index (χ4v) is 2.25. The normalized spacial score (nSPS) is 11.3. The molecule has 0 amide bonds. The van der Waals surface area contributed by atoms with Crippen LogP contribution in [0.1, 0.15) is 0 Å². The van der Waals surface area contributed by atoms with Gasteiger partial charge in [-0.3, -0.25) is 9.40 Å². The molecule has 6 nitrogen and oxygen atoms in total. The van der Waals surface area contributed by atoms with Gasteiger partial charge in [-0.05, 0) is 12.1 Å². The molecule has 0 aliphatic rings. The molecule has 1 aromatic heterocycles. The van der Waals surface area contributed by atoms with E-state index in [9.17, 15) is 8.42 Å². The van der Waals surface area contributed by atoms with Crippen LogP contribution in [0, 0.1) is 0 Å². The van der Waals surface area contributed by atoms with Crippen molar-refractivity contribution in [2.24, 2.45) is 7.05 Å². The number of aromatic nitrogens is 2. The summed E-state index contributed by atoms with van der Waals surface area (Å²) in [6.07, 6.45) is 1.10. The van der Waals surface area contributed by atoms with Gasteiger partial charge in [0.05, 0.1) is 19.1 Å². The summed E-state index contributed by atoms with van der Waals surface area (Å²) >= 11 is 0. The van der Waals surface area contributed by atoms with Crippen molar-refractivity contribution in [3.05, 3.63) is 30.3 Å². The van der Waals surface area contributed by atoms with Crippen LogP contribution in [0.2, 0.25) is 0 Å². The largest absolute Gasteiger partial charge is 0.497 e. The lowest BCUT2D eigenvalue weighted by Crippen LogP contribution is -2.12. The summed E-state index contributed by atoms with van der Waals surface area (Å²) in [5, 5.41) is 4.27. The lowest BCUT2D eigenvalue weighted by molar-refractivity contribution is 0.415. The molecule has 102 valence electrons. The van der Waals surface area contributed by atoms with Gasteiger partial charge in [0, 0.05) is 18.7 Å². The van der Waals surface area contributed by atoms with Crippen LogP contribution in [0.3, 0.4) is 0 Å². The molecule has 0 saturated carbocycles. The van der Waals surface area contributed by atoms with Gasteiger partial charge in [0.25, 0.3) is 0 Å². The third-order valence-corrected chi connectivity index (χ3v) is 3.12. The molecule has 0 aliphatic heterocycles. The number of methoxy groups -OCH3 is 1. The minimum absolute atomic E-state index is 0.417. The Morgan fingerprint density at radius 3 is 2.68 bits per heavy atom. The highest BCUT2D eigenvalue weighted by molar-refractivity contribution is 7.92. The van der Waals surface area contributed by atoms with E-state index in [1.165, 1.54) is 4.68 Å². The van der Waals surface area contributed by atoms with Crippen LogP contribution in [0.5, 0.6) is 5.75 Å². The molecule has 7 heteroatoms. The maximum atomic E-state index is 11.2. The molecular weight excluding hydrogens is 266 g/mol. The highest BCUT2D eigenvalue weighted by Gasteiger charge is 2.11. The van der Waals surface area contributed by atoms with Crippen LogP contribution >= 0.6 is 0 Å². The van der Waals surface area contributed by atoms with E-state index in [1.54, 1.807) is 20.2 Å². The van der Waals surface area contributed by atoms with E-state index < -0.39 is 10.0 Å². The standard InChI is InChI=1S/C12H15N3O3S/c1-15-12(14-19(3,16)17)8-11(13-15)9-5-4-6-10(7-9)18-2/h4-8,14H,1-3H3. The summed E-state index contributed by atoms with van der Waals surface area (Å²) < 4.78 is 31.5. The van der Waals surface area contributed by atoms with Gasteiger partial charge in [-0.25, -0.2) is 8.42 Å². The Bertz CT molecular complexity index is 692. The summed E-state index contributed by atoms with van der Waals surface area (Å²) in [6.45, 7) is 0. The molecule has 0 radical (unpaired) electrons. The van der Waals surface area contributed by atoms with Gasteiger partial charge in [0.15, 0.2) is 0 Å². The molecule has 1 heterocycles. The average Bonchev–Trinajstić information content (AvgIpc) is 2.69. The van der Waals surface area contributed by atoms with Crippen LogP contribution in [-0.2, 0) is 17.1 Å². The van der Waals surface area contributed by atoms with Crippen molar-refractivity contribution in [3.63, 3.8) is 0 Å². The molecule has 2 rings (SSSR count). The number of sulfonamides is 1. The van der Waals surface area contributed by atoms with Crippen molar-refractivity contribution < 1.29 is 13.2 Å². The molecule has 19 heavy (non-hydrogen) atoms. The zero-order valence-corrected chi connectivity index (χ0v) is 11.7. The second-order valence-corrected chi connectivity index (χ2v) is 5.89. The van der Waals surface area contributed by atoms with Crippen LogP contribution in [-0.4, -0.2) is 31.6 Å². The highest BCUT2D eigenvalue weighted by Crippen LogP contribution is 2.25. The number of hydrogen-bond donors (Lipinski definition) is 1. The van der Waals surface area contributed by atoms with Crippen molar-refractivity contribution in [3.8, 4) is 17.0 Å².